The molecule has 9 heteroatoms. The van der Waals surface area contributed by atoms with Crippen molar-refractivity contribution < 1.29 is 14.0 Å². The first-order valence-corrected chi connectivity index (χ1v) is 13.1. The third-order valence-electron chi connectivity index (χ3n) is 6.80. The zero-order valence-corrected chi connectivity index (χ0v) is 22.6. The highest BCUT2D eigenvalue weighted by Gasteiger charge is 2.18. The largest absolute Gasteiger partial charge is 0.497 e. The Morgan fingerprint density at radius 2 is 1.77 bits per heavy atom. The number of nitrogens with one attached hydrogen (secondary N) is 1. The van der Waals surface area contributed by atoms with Gasteiger partial charge in [-0.1, -0.05) is 74.0 Å². The summed E-state index contributed by atoms with van der Waals surface area (Å²) in [6, 6.07) is 22.7. The van der Waals surface area contributed by atoms with E-state index < -0.39 is 5.76 Å². The molecule has 1 N–H and O–H groups in total. The number of aromatic amines is 1. The van der Waals surface area contributed by atoms with Gasteiger partial charge in [0.25, 0.3) is 5.56 Å². The van der Waals surface area contributed by atoms with E-state index in [1.807, 2.05) is 48.5 Å². The molecule has 5 aromatic rings. The van der Waals surface area contributed by atoms with Crippen LogP contribution in [-0.4, -0.2) is 26.8 Å². The predicted molar refractivity (Wildman–Crippen MR) is 152 cm³/mol. The second kappa shape index (κ2) is 11.9. The third kappa shape index (κ3) is 5.88. The molecule has 40 heavy (non-hydrogen) atoms. The molecular weight excluding hydrogens is 508 g/mol. The average molecular weight is 539 g/mol. The molecule has 0 radical (unpaired) electrons. The van der Waals surface area contributed by atoms with E-state index in [-0.39, 0.29) is 17.9 Å². The second-order valence-electron chi connectivity index (χ2n) is 9.62. The van der Waals surface area contributed by atoms with E-state index in [1.165, 1.54) is 6.20 Å². The lowest BCUT2D eigenvalue weighted by atomic mass is 9.97. The summed E-state index contributed by atoms with van der Waals surface area (Å²) >= 11 is 0. The molecular formula is C31H30N4O5. The standard InChI is InChI=1S/C31H30N4O5/c1-4-20(2)15-28-32-18-27(39-24-12-8-11-23(17-24)38-3)30(36)35(28)19-21-13-14-25(22-9-6-5-7-10-22)26(16-21)29-33-31(37)40-34-29/h5-14,16-18,20H,4,15,19H2,1-3H3,(H,33,34,37). The van der Waals surface area contributed by atoms with E-state index in [0.29, 0.717) is 41.1 Å². The van der Waals surface area contributed by atoms with Crippen LogP contribution < -0.4 is 20.8 Å². The minimum absolute atomic E-state index is 0.114. The van der Waals surface area contributed by atoms with Crippen molar-refractivity contribution in [1.82, 2.24) is 19.7 Å². The summed E-state index contributed by atoms with van der Waals surface area (Å²) in [5, 5.41) is 3.93. The van der Waals surface area contributed by atoms with Crippen LogP contribution in [0.1, 0.15) is 31.7 Å². The van der Waals surface area contributed by atoms with Gasteiger partial charge >= 0.3 is 5.76 Å². The Hall–Kier alpha value is -4.92. The maximum absolute atomic E-state index is 13.8. The lowest BCUT2D eigenvalue weighted by Crippen LogP contribution is -2.27. The van der Waals surface area contributed by atoms with Crippen molar-refractivity contribution in [2.75, 3.05) is 7.11 Å². The van der Waals surface area contributed by atoms with E-state index in [1.54, 1.807) is 35.9 Å². The number of hydrogen-bond acceptors (Lipinski definition) is 7. The van der Waals surface area contributed by atoms with Gasteiger partial charge in [0.2, 0.25) is 5.75 Å². The molecule has 3 aromatic carbocycles. The van der Waals surface area contributed by atoms with Gasteiger partial charge in [0.15, 0.2) is 5.82 Å². The predicted octanol–water partition coefficient (Wildman–Crippen LogP) is 5.69. The molecule has 0 saturated heterocycles. The fourth-order valence-electron chi connectivity index (χ4n) is 4.44. The third-order valence-corrected chi connectivity index (χ3v) is 6.80. The Bertz CT molecular complexity index is 1720. The zero-order valence-electron chi connectivity index (χ0n) is 22.6. The Balaban J connectivity index is 1.57. The van der Waals surface area contributed by atoms with Crippen molar-refractivity contribution in [2.24, 2.45) is 5.92 Å². The quantitative estimate of drug-likeness (QED) is 0.243. The summed E-state index contributed by atoms with van der Waals surface area (Å²) in [6.45, 7) is 4.49. The van der Waals surface area contributed by atoms with Gasteiger partial charge in [-0.25, -0.2) is 9.78 Å². The van der Waals surface area contributed by atoms with Crippen molar-refractivity contribution in [1.29, 1.82) is 0 Å². The maximum atomic E-state index is 13.8. The van der Waals surface area contributed by atoms with E-state index in [9.17, 15) is 9.59 Å². The average Bonchev–Trinajstić information content (AvgIpc) is 3.42. The lowest BCUT2D eigenvalue weighted by Gasteiger charge is -2.17. The fraction of sp³-hybridized carbons (Fsp3) is 0.226. The molecule has 9 nitrogen and oxygen atoms in total. The molecule has 2 aromatic heterocycles. The molecule has 0 saturated carbocycles. The van der Waals surface area contributed by atoms with Crippen LogP contribution in [0.3, 0.4) is 0 Å². The minimum atomic E-state index is -0.641. The molecule has 0 aliphatic rings. The van der Waals surface area contributed by atoms with Crippen LogP contribution in [0.5, 0.6) is 17.2 Å². The summed E-state index contributed by atoms with van der Waals surface area (Å²) in [7, 11) is 1.57. The summed E-state index contributed by atoms with van der Waals surface area (Å²) in [5.41, 5.74) is 3.04. The topological polar surface area (TPSA) is 112 Å². The van der Waals surface area contributed by atoms with Gasteiger partial charge < -0.3 is 9.47 Å². The van der Waals surface area contributed by atoms with Crippen molar-refractivity contribution in [3.05, 3.63) is 111 Å². The lowest BCUT2D eigenvalue weighted by molar-refractivity contribution is 0.388. The van der Waals surface area contributed by atoms with E-state index in [2.05, 4.69) is 29.0 Å². The Kier molecular flexibility index (Phi) is 7.91. The molecule has 2 heterocycles. The molecule has 1 atom stereocenters. The normalized spacial score (nSPS) is 11.8. The van der Waals surface area contributed by atoms with Crippen LogP contribution in [0, 0.1) is 5.92 Å². The second-order valence-corrected chi connectivity index (χ2v) is 9.62. The van der Waals surface area contributed by atoms with Gasteiger partial charge in [-0.05, 0) is 40.8 Å². The van der Waals surface area contributed by atoms with Crippen molar-refractivity contribution in [3.8, 4) is 39.8 Å². The van der Waals surface area contributed by atoms with Crippen LogP contribution in [0.4, 0.5) is 0 Å². The van der Waals surface area contributed by atoms with Crippen molar-refractivity contribution in [2.45, 2.75) is 33.2 Å². The molecule has 1 unspecified atom stereocenters. The molecule has 0 fully saturated rings. The minimum Gasteiger partial charge on any atom is -0.497 e. The Labute approximate surface area is 231 Å². The van der Waals surface area contributed by atoms with E-state index in [0.717, 1.165) is 23.1 Å². The van der Waals surface area contributed by atoms with Crippen LogP contribution in [-0.2, 0) is 13.0 Å². The molecule has 204 valence electrons. The number of H-pyrrole nitrogens is 1. The molecule has 0 aliphatic carbocycles. The Morgan fingerprint density at radius 3 is 2.50 bits per heavy atom. The SMILES string of the molecule is CCC(C)Cc1ncc(Oc2cccc(OC)c2)c(=O)n1Cc1ccc(-c2ccccc2)c(-c2noc(=O)[nH]2)c1. The first-order chi connectivity index (χ1) is 19.4. The monoisotopic (exact) mass is 538 g/mol. The molecule has 0 aliphatic heterocycles. The highest BCUT2D eigenvalue weighted by Crippen LogP contribution is 2.31. The number of hydrogen-bond donors (Lipinski definition) is 1. The highest BCUT2D eigenvalue weighted by molar-refractivity contribution is 5.80. The van der Waals surface area contributed by atoms with Gasteiger partial charge in [-0.3, -0.25) is 18.9 Å². The summed E-state index contributed by atoms with van der Waals surface area (Å²) < 4.78 is 17.7. The van der Waals surface area contributed by atoms with Gasteiger partial charge in [0.1, 0.15) is 17.3 Å². The fourth-order valence-corrected chi connectivity index (χ4v) is 4.44. The van der Waals surface area contributed by atoms with Crippen LogP contribution in [0.15, 0.2) is 93.1 Å². The first kappa shape index (κ1) is 26.7. The van der Waals surface area contributed by atoms with Gasteiger partial charge in [-0.15, -0.1) is 0 Å². The number of rotatable bonds is 10. The number of ether oxygens (including phenoxy) is 2. The summed E-state index contributed by atoms with van der Waals surface area (Å²) in [5.74, 6) is 1.88. The van der Waals surface area contributed by atoms with E-state index >= 15 is 0 Å². The molecule has 0 bridgehead atoms. The number of methoxy groups -OCH3 is 1. The maximum Gasteiger partial charge on any atom is 0.439 e. The zero-order chi connectivity index (χ0) is 28.1. The van der Waals surface area contributed by atoms with Gasteiger partial charge in [0.05, 0.1) is 19.9 Å². The van der Waals surface area contributed by atoms with Crippen LogP contribution >= 0.6 is 0 Å². The van der Waals surface area contributed by atoms with Crippen molar-refractivity contribution in [3.63, 3.8) is 0 Å². The van der Waals surface area contributed by atoms with Gasteiger partial charge in [0, 0.05) is 18.1 Å². The van der Waals surface area contributed by atoms with E-state index in [4.69, 9.17) is 14.0 Å². The highest BCUT2D eigenvalue weighted by atomic mass is 16.5. The summed E-state index contributed by atoms with van der Waals surface area (Å²) in [6.07, 6.45) is 3.07. The molecule has 0 spiro atoms. The van der Waals surface area contributed by atoms with Crippen LogP contribution in [0.25, 0.3) is 22.5 Å². The van der Waals surface area contributed by atoms with Crippen LogP contribution in [0.2, 0.25) is 0 Å². The van der Waals surface area contributed by atoms with Gasteiger partial charge in [-0.2, -0.15) is 0 Å². The van der Waals surface area contributed by atoms with Crippen molar-refractivity contribution >= 4 is 0 Å². The molecule has 5 rings (SSSR count). The Morgan fingerprint density at radius 1 is 0.975 bits per heavy atom. The first-order valence-electron chi connectivity index (χ1n) is 13.1. The number of benzene rings is 3. The molecule has 0 amide bonds. The smallest absolute Gasteiger partial charge is 0.439 e. The number of aromatic nitrogens is 4. The summed E-state index contributed by atoms with van der Waals surface area (Å²) in [4.78, 5) is 32.8. The number of nitrogens with zero attached hydrogens (tertiary/aromatic N) is 3.